The summed E-state index contributed by atoms with van der Waals surface area (Å²) in [6, 6.07) is 6.55. The van der Waals surface area contributed by atoms with E-state index in [9.17, 15) is 9.90 Å². The van der Waals surface area contributed by atoms with E-state index in [0.29, 0.717) is 18.9 Å². The first-order chi connectivity index (χ1) is 12.9. The first kappa shape index (κ1) is 20.9. The quantitative estimate of drug-likeness (QED) is 0.766. The van der Waals surface area contributed by atoms with Gasteiger partial charge >= 0.3 is 0 Å². The van der Waals surface area contributed by atoms with Crippen LogP contribution in [0.4, 0.5) is 0 Å². The van der Waals surface area contributed by atoms with Crippen LogP contribution in [0.2, 0.25) is 0 Å². The topological polar surface area (TPSA) is 56.3 Å². The van der Waals surface area contributed by atoms with Crippen LogP contribution in [-0.4, -0.2) is 39.1 Å². The number of piperidine rings is 1. The van der Waals surface area contributed by atoms with Crippen molar-refractivity contribution in [1.29, 1.82) is 0 Å². The lowest BCUT2D eigenvalue weighted by Gasteiger charge is -2.48. The summed E-state index contributed by atoms with van der Waals surface area (Å²) in [5.41, 5.74) is 3.16. The summed E-state index contributed by atoms with van der Waals surface area (Å²) in [4.78, 5) is 18.7. The molecule has 1 amide bonds. The van der Waals surface area contributed by atoms with E-state index < -0.39 is 5.60 Å². The molecular formula is C24H36N2O2. The lowest BCUT2D eigenvalue weighted by atomic mass is 9.75. The standard InChI is InChI=1S/C23H32N2O2.CH4/c1-15(2)18(19-14-24-20-8-4-6-16(3)22(19)20)12-21(26)25-11-10-23(27)9-5-7-17(25)13-23;/h4,6,8,14-15,17-18,24,27H,5,7,9-13H2,1-3H3;1H4. The minimum atomic E-state index is -0.523. The number of aryl methyl sites for hydroxylation is 1. The summed E-state index contributed by atoms with van der Waals surface area (Å²) < 4.78 is 0. The Morgan fingerprint density at radius 3 is 2.89 bits per heavy atom. The van der Waals surface area contributed by atoms with Crippen molar-refractivity contribution in [2.75, 3.05) is 6.54 Å². The number of carbonyl (C=O) groups is 1. The molecule has 1 aliphatic heterocycles. The van der Waals surface area contributed by atoms with E-state index in [0.717, 1.165) is 37.6 Å². The molecule has 2 heterocycles. The predicted octanol–water partition coefficient (Wildman–Crippen LogP) is 5.15. The Balaban J connectivity index is 0.00000225. The van der Waals surface area contributed by atoms with Crippen LogP contribution in [-0.2, 0) is 4.79 Å². The molecule has 154 valence electrons. The smallest absolute Gasteiger partial charge is 0.223 e. The van der Waals surface area contributed by atoms with Gasteiger partial charge in [-0.1, -0.05) is 33.4 Å². The molecule has 4 rings (SSSR count). The van der Waals surface area contributed by atoms with Crippen LogP contribution < -0.4 is 0 Å². The number of carbonyl (C=O) groups excluding carboxylic acids is 1. The van der Waals surface area contributed by atoms with Crippen molar-refractivity contribution in [1.82, 2.24) is 9.88 Å². The molecular weight excluding hydrogens is 348 g/mol. The van der Waals surface area contributed by atoms with Crippen LogP contribution in [0.3, 0.4) is 0 Å². The summed E-state index contributed by atoms with van der Waals surface area (Å²) >= 11 is 0. The van der Waals surface area contributed by atoms with Crippen molar-refractivity contribution in [2.24, 2.45) is 5.92 Å². The molecule has 1 aromatic heterocycles. The number of rotatable bonds is 4. The summed E-state index contributed by atoms with van der Waals surface area (Å²) in [7, 11) is 0. The van der Waals surface area contributed by atoms with Crippen LogP contribution in [0, 0.1) is 12.8 Å². The zero-order valence-corrected chi connectivity index (χ0v) is 16.8. The van der Waals surface area contributed by atoms with Gasteiger partial charge in [-0.15, -0.1) is 0 Å². The maximum atomic E-state index is 13.3. The molecule has 3 atom stereocenters. The first-order valence-electron chi connectivity index (χ1n) is 10.5. The highest BCUT2D eigenvalue weighted by atomic mass is 16.3. The van der Waals surface area contributed by atoms with Crippen LogP contribution in [0.15, 0.2) is 24.4 Å². The summed E-state index contributed by atoms with van der Waals surface area (Å²) in [5.74, 6) is 0.850. The number of nitrogens with zero attached hydrogens (tertiary/aromatic N) is 1. The summed E-state index contributed by atoms with van der Waals surface area (Å²) in [6.07, 6.45) is 7.10. The number of hydrogen-bond donors (Lipinski definition) is 2. The molecule has 28 heavy (non-hydrogen) atoms. The Hall–Kier alpha value is -1.81. The number of aromatic nitrogens is 1. The van der Waals surface area contributed by atoms with Gasteiger partial charge in [0.15, 0.2) is 0 Å². The van der Waals surface area contributed by atoms with Gasteiger partial charge in [0.1, 0.15) is 0 Å². The first-order valence-corrected chi connectivity index (χ1v) is 10.5. The zero-order valence-electron chi connectivity index (χ0n) is 16.8. The van der Waals surface area contributed by atoms with Gasteiger partial charge < -0.3 is 15.0 Å². The Labute approximate surface area is 169 Å². The van der Waals surface area contributed by atoms with Crippen molar-refractivity contribution >= 4 is 16.8 Å². The highest BCUT2D eigenvalue weighted by Crippen LogP contribution is 2.40. The van der Waals surface area contributed by atoms with Gasteiger partial charge in [-0.25, -0.2) is 0 Å². The van der Waals surface area contributed by atoms with E-state index in [1.165, 1.54) is 16.5 Å². The van der Waals surface area contributed by atoms with E-state index in [2.05, 4.69) is 55.1 Å². The molecule has 0 radical (unpaired) electrons. The van der Waals surface area contributed by atoms with Crippen molar-refractivity contribution in [3.63, 3.8) is 0 Å². The van der Waals surface area contributed by atoms with Crippen molar-refractivity contribution in [3.8, 4) is 0 Å². The largest absolute Gasteiger partial charge is 0.390 e. The minimum Gasteiger partial charge on any atom is -0.390 e. The lowest BCUT2D eigenvalue weighted by molar-refractivity contribution is -0.144. The fraction of sp³-hybridized carbons (Fsp3) is 0.625. The second kappa shape index (κ2) is 7.90. The molecule has 2 bridgehead atoms. The maximum absolute atomic E-state index is 13.3. The van der Waals surface area contributed by atoms with Gasteiger partial charge in [-0.05, 0) is 68.1 Å². The third-order valence-corrected chi connectivity index (χ3v) is 6.92. The number of likely N-dealkylation sites (tertiary alicyclic amines) is 1. The van der Waals surface area contributed by atoms with E-state index in [4.69, 9.17) is 0 Å². The number of fused-ring (bicyclic) bond motifs is 3. The highest BCUT2D eigenvalue weighted by molar-refractivity contribution is 5.88. The Bertz CT molecular complexity index is 840. The van der Waals surface area contributed by atoms with Crippen molar-refractivity contribution in [3.05, 3.63) is 35.5 Å². The van der Waals surface area contributed by atoms with E-state index in [1.807, 2.05) is 0 Å². The molecule has 1 saturated carbocycles. The monoisotopic (exact) mass is 384 g/mol. The SMILES string of the molecule is C.Cc1cccc2[nH]cc(C(CC(=O)N3CCC4(O)CCCC3C4)C(C)C)c12. The molecule has 2 N–H and O–H groups in total. The molecule has 3 unspecified atom stereocenters. The molecule has 1 aromatic carbocycles. The van der Waals surface area contributed by atoms with Gasteiger partial charge in [-0.3, -0.25) is 4.79 Å². The third kappa shape index (κ3) is 3.71. The fourth-order valence-electron chi connectivity index (χ4n) is 5.34. The number of benzene rings is 1. The molecule has 1 aliphatic carbocycles. The molecule has 1 saturated heterocycles. The Morgan fingerprint density at radius 2 is 2.14 bits per heavy atom. The van der Waals surface area contributed by atoms with E-state index in [-0.39, 0.29) is 25.3 Å². The van der Waals surface area contributed by atoms with Gasteiger partial charge in [0.05, 0.1) is 5.60 Å². The minimum absolute atomic E-state index is 0. The van der Waals surface area contributed by atoms with E-state index in [1.54, 1.807) is 0 Å². The summed E-state index contributed by atoms with van der Waals surface area (Å²) in [6.45, 7) is 7.28. The summed E-state index contributed by atoms with van der Waals surface area (Å²) in [5, 5.41) is 11.9. The average Bonchev–Trinajstić information content (AvgIpc) is 3.04. The van der Waals surface area contributed by atoms with Crippen LogP contribution in [0.25, 0.3) is 10.9 Å². The number of amides is 1. The molecule has 4 nitrogen and oxygen atoms in total. The third-order valence-electron chi connectivity index (χ3n) is 6.92. The normalized spacial score (nSPS) is 25.6. The van der Waals surface area contributed by atoms with Crippen LogP contribution in [0.5, 0.6) is 0 Å². The molecule has 0 spiro atoms. The number of aromatic amines is 1. The second-order valence-electron chi connectivity index (χ2n) is 9.11. The second-order valence-corrected chi connectivity index (χ2v) is 9.11. The van der Waals surface area contributed by atoms with Gasteiger partial charge in [0.25, 0.3) is 0 Å². The Morgan fingerprint density at radius 1 is 1.36 bits per heavy atom. The number of aliphatic hydroxyl groups is 1. The lowest BCUT2D eigenvalue weighted by Crippen LogP contribution is -2.55. The van der Waals surface area contributed by atoms with Gasteiger partial charge in [0, 0.05) is 36.1 Å². The van der Waals surface area contributed by atoms with Crippen LogP contribution >= 0.6 is 0 Å². The fourth-order valence-corrected chi connectivity index (χ4v) is 5.34. The van der Waals surface area contributed by atoms with Gasteiger partial charge in [0.2, 0.25) is 5.91 Å². The molecule has 2 aromatic rings. The highest BCUT2D eigenvalue weighted by Gasteiger charge is 2.43. The van der Waals surface area contributed by atoms with Crippen LogP contribution in [0.1, 0.15) is 76.8 Å². The average molecular weight is 385 g/mol. The number of H-pyrrole nitrogens is 1. The number of nitrogens with one attached hydrogen (secondary N) is 1. The zero-order chi connectivity index (χ0) is 19.2. The molecule has 2 aliphatic rings. The molecule has 2 fully saturated rings. The maximum Gasteiger partial charge on any atom is 0.223 e. The Kier molecular flexibility index (Phi) is 5.90. The molecule has 4 heteroatoms. The van der Waals surface area contributed by atoms with Gasteiger partial charge in [-0.2, -0.15) is 0 Å². The number of hydrogen-bond acceptors (Lipinski definition) is 2. The van der Waals surface area contributed by atoms with Crippen molar-refractivity contribution < 1.29 is 9.90 Å². The van der Waals surface area contributed by atoms with E-state index >= 15 is 0 Å². The predicted molar refractivity (Wildman–Crippen MR) is 115 cm³/mol. The van der Waals surface area contributed by atoms with Crippen molar-refractivity contribution in [2.45, 2.75) is 84.3 Å².